The molecule has 0 aromatic heterocycles. The van der Waals surface area contributed by atoms with Gasteiger partial charge in [0.25, 0.3) is 0 Å². The normalized spacial score (nSPS) is 47.2. The number of epoxide rings is 1. The lowest BCUT2D eigenvalue weighted by Gasteiger charge is -2.56. The Hall–Kier alpha value is -1.20. The van der Waals surface area contributed by atoms with Gasteiger partial charge >= 0.3 is 5.97 Å². The van der Waals surface area contributed by atoms with Gasteiger partial charge in [0.2, 0.25) is 0 Å². The fourth-order valence-corrected chi connectivity index (χ4v) is 4.80. The molecule has 3 rings (SSSR count). The Bertz CT molecular complexity index is 605. The fourth-order valence-electron chi connectivity index (χ4n) is 4.80. The lowest BCUT2D eigenvalue weighted by atomic mass is 9.51. The zero-order valence-electron chi connectivity index (χ0n) is 15.9. The first kappa shape index (κ1) is 18.6. The number of fused-ring (bicyclic) bond motifs is 1. The highest BCUT2D eigenvalue weighted by molar-refractivity contribution is 5.88. The van der Waals surface area contributed by atoms with Gasteiger partial charge in [-0.25, -0.2) is 4.79 Å². The molecule has 2 aliphatic carbocycles. The highest BCUT2D eigenvalue weighted by Gasteiger charge is 2.63. The van der Waals surface area contributed by atoms with Crippen LogP contribution >= 0.6 is 0 Å². The molecule has 0 amide bonds. The average molecular weight is 350 g/mol. The Balaban J connectivity index is 1.95. The molecule has 5 heteroatoms. The van der Waals surface area contributed by atoms with Crippen LogP contribution < -0.4 is 0 Å². The molecule has 0 spiro atoms. The van der Waals surface area contributed by atoms with Crippen LogP contribution in [-0.2, 0) is 19.1 Å². The summed E-state index contributed by atoms with van der Waals surface area (Å²) < 4.78 is 11.4. The number of carbonyl (C=O) groups excluding carboxylic acids is 2. The molecule has 5 nitrogen and oxygen atoms in total. The van der Waals surface area contributed by atoms with Crippen LogP contribution in [0.5, 0.6) is 0 Å². The molecular weight excluding hydrogens is 320 g/mol. The minimum atomic E-state index is -0.808. The highest BCUT2D eigenvalue weighted by atomic mass is 16.6. The molecular formula is C20H30O5. The molecule has 3 aliphatic rings. The van der Waals surface area contributed by atoms with Gasteiger partial charge in [0, 0.05) is 30.3 Å². The van der Waals surface area contributed by atoms with E-state index >= 15 is 0 Å². The number of allylic oxidation sites excluding steroid dienone is 1. The number of ether oxygens (including phenoxy) is 2. The molecule has 2 saturated carbocycles. The Labute approximate surface area is 149 Å². The van der Waals surface area contributed by atoms with Gasteiger partial charge in [-0.1, -0.05) is 19.9 Å². The van der Waals surface area contributed by atoms with Crippen molar-refractivity contribution in [3.8, 4) is 0 Å². The first-order valence-electron chi connectivity index (χ1n) is 9.30. The quantitative estimate of drug-likeness (QED) is 0.481. The Morgan fingerprint density at radius 1 is 1.32 bits per heavy atom. The Kier molecular flexibility index (Phi) is 4.61. The number of esters is 1. The van der Waals surface area contributed by atoms with E-state index in [-0.39, 0.29) is 34.6 Å². The zero-order valence-corrected chi connectivity index (χ0v) is 15.9. The van der Waals surface area contributed by atoms with Crippen LogP contribution in [0.4, 0.5) is 0 Å². The zero-order chi connectivity index (χ0) is 18.6. The van der Waals surface area contributed by atoms with Gasteiger partial charge in [-0.3, -0.25) is 4.79 Å². The van der Waals surface area contributed by atoms with Crippen LogP contribution in [0.2, 0.25) is 0 Å². The summed E-state index contributed by atoms with van der Waals surface area (Å²) in [5.74, 6) is -0.264. The average Bonchev–Trinajstić information content (AvgIpc) is 3.30. The topological polar surface area (TPSA) is 76.1 Å². The number of rotatable bonds is 3. The summed E-state index contributed by atoms with van der Waals surface area (Å²) >= 11 is 0. The third-order valence-electron chi connectivity index (χ3n) is 7.14. The van der Waals surface area contributed by atoms with Gasteiger partial charge in [-0.15, -0.1) is 0 Å². The summed E-state index contributed by atoms with van der Waals surface area (Å²) in [6.07, 6.45) is 1.95. The van der Waals surface area contributed by atoms with Gasteiger partial charge in [0.05, 0.1) is 18.3 Å². The molecule has 7 unspecified atom stereocenters. The molecule has 1 N–H and O–H groups in total. The summed E-state index contributed by atoms with van der Waals surface area (Å²) in [4.78, 5) is 24.6. The number of aliphatic hydroxyl groups is 1. The molecule has 3 fully saturated rings. The van der Waals surface area contributed by atoms with E-state index in [4.69, 9.17) is 9.47 Å². The van der Waals surface area contributed by atoms with Crippen molar-refractivity contribution in [1.82, 2.24) is 0 Å². The Morgan fingerprint density at radius 2 is 1.96 bits per heavy atom. The van der Waals surface area contributed by atoms with Crippen molar-refractivity contribution in [2.45, 2.75) is 71.7 Å². The van der Waals surface area contributed by atoms with E-state index in [1.165, 1.54) is 0 Å². The maximum atomic E-state index is 12.4. The summed E-state index contributed by atoms with van der Waals surface area (Å²) in [7, 11) is 0. The van der Waals surface area contributed by atoms with Gasteiger partial charge in [0.15, 0.2) is 0 Å². The van der Waals surface area contributed by atoms with Crippen molar-refractivity contribution in [2.24, 2.45) is 23.2 Å². The monoisotopic (exact) mass is 350 g/mol. The van der Waals surface area contributed by atoms with Crippen molar-refractivity contribution in [3.63, 3.8) is 0 Å². The van der Waals surface area contributed by atoms with Crippen LogP contribution in [-0.4, -0.2) is 41.3 Å². The minimum absolute atomic E-state index is 0.0897. The van der Waals surface area contributed by atoms with Crippen molar-refractivity contribution in [1.29, 1.82) is 0 Å². The second kappa shape index (κ2) is 6.20. The largest absolute Gasteiger partial charge is 0.456 e. The van der Waals surface area contributed by atoms with E-state index in [1.54, 1.807) is 19.9 Å². The first-order valence-corrected chi connectivity index (χ1v) is 9.30. The van der Waals surface area contributed by atoms with Crippen LogP contribution in [0.1, 0.15) is 53.9 Å². The summed E-state index contributed by atoms with van der Waals surface area (Å²) in [6.45, 7) is 10.4. The van der Waals surface area contributed by atoms with E-state index in [0.717, 1.165) is 6.42 Å². The maximum absolute atomic E-state index is 12.4. The molecule has 25 heavy (non-hydrogen) atoms. The van der Waals surface area contributed by atoms with Crippen molar-refractivity contribution < 1.29 is 24.2 Å². The standard InChI is InChI=1S/C20H30O5/c1-6-11(2)18(23)25-17-14-8-13(21)7-12(3)19(14,4)9-15(16(17)22)20(5)10-24-20/h6,12,14-17,22H,7-10H2,1-5H3. The number of hydrogen-bond donors (Lipinski definition) is 1. The van der Waals surface area contributed by atoms with Gasteiger partial charge in [-0.05, 0) is 38.5 Å². The minimum Gasteiger partial charge on any atom is -0.456 e. The van der Waals surface area contributed by atoms with Crippen LogP contribution in [0.25, 0.3) is 0 Å². The number of Topliss-reactive ketones (excluding diaryl/α,β-unsaturated/α-hetero) is 1. The summed E-state index contributed by atoms with van der Waals surface area (Å²) in [6, 6.07) is 0. The number of carbonyl (C=O) groups is 2. The van der Waals surface area contributed by atoms with E-state index < -0.39 is 18.2 Å². The fraction of sp³-hybridized carbons (Fsp3) is 0.800. The van der Waals surface area contributed by atoms with E-state index in [0.29, 0.717) is 25.0 Å². The lowest BCUT2D eigenvalue weighted by Crippen LogP contribution is -2.60. The van der Waals surface area contributed by atoms with Crippen molar-refractivity contribution >= 4 is 11.8 Å². The molecule has 7 atom stereocenters. The number of aliphatic hydroxyl groups excluding tert-OH is 1. The molecule has 1 heterocycles. The predicted molar refractivity (Wildman–Crippen MR) is 92.8 cm³/mol. The number of ketones is 1. The van der Waals surface area contributed by atoms with E-state index in [1.807, 2.05) is 6.92 Å². The van der Waals surface area contributed by atoms with Gasteiger partial charge in [0.1, 0.15) is 11.9 Å². The van der Waals surface area contributed by atoms with Crippen LogP contribution in [0.15, 0.2) is 11.6 Å². The van der Waals surface area contributed by atoms with E-state index in [9.17, 15) is 14.7 Å². The maximum Gasteiger partial charge on any atom is 0.333 e. The first-order chi connectivity index (χ1) is 11.6. The smallest absolute Gasteiger partial charge is 0.333 e. The lowest BCUT2D eigenvalue weighted by molar-refractivity contribution is -0.195. The predicted octanol–water partition coefficient (Wildman–Crippen LogP) is 2.66. The molecule has 1 aliphatic heterocycles. The van der Waals surface area contributed by atoms with Crippen LogP contribution in [0, 0.1) is 23.2 Å². The molecule has 1 saturated heterocycles. The van der Waals surface area contributed by atoms with E-state index in [2.05, 4.69) is 13.8 Å². The van der Waals surface area contributed by atoms with Crippen molar-refractivity contribution in [2.75, 3.05) is 6.61 Å². The molecule has 0 bridgehead atoms. The third-order valence-corrected chi connectivity index (χ3v) is 7.14. The summed E-state index contributed by atoms with van der Waals surface area (Å²) in [5.41, 5.74) is 0.0104. The van der Waals surface area contributed by atoms with Crippen molar-refractivity contribution in [3.05, 3.63) is 11.6 Å². The SMILES string of the molecule is CC=C(C)C(=O)OC1C(O)C(C2(C)CO2)CC2(C)C(C)CC(=O)CC12. The highest BCUT2D eigenvalue weighted by Crippen LogP contribution is 2.58. The third kappa shape index (κ3) is 3.06. The second-order valence-electron chi connectivity index (χ2n) is 8.70. The molecule has 140 valence electrons. The van der Waals surface area contributed by atoms with Gasteiger partial charge < -0.3 is 14.6 Å². The number of hydrogen-bond acceptors (Lipinski definition) is 5. The Morgan fingerprint density at radius 3 is 2.52 bits per heavy atom. The summed E-state index contributed by atoms with van der Waals surface area (Å²) in [5, 5.41) is 11.0. The second-order valence-corrected chi connectivity index (χ2v) is 8.70. The van der Waals surface area contributed by atoms with Crippen LogP contribution in [0.3, 0.4) is 0 Å². The molecule has 0 radical (unpaired) electrons. The molecule has 0 aromatic rings. The van der Waals surface area contributed by atoms with Gasteiger partial charge in [-0.2, -0.15) is 0 Å². The molecule has 0 aromatic carbocycles.